The minimum atomic E-state index is -0.755. The second kappa shape index (κ2) is 6.59. The van der Waals surface area contributed by atoms with E-state index in [1.54, 1.807) is 12.1 Å². The lowest BCUT2D eigenvalue weighted by molar-refractivity contribution is -0.125. The van der Waals surface area contributed by atoms with Crippen molar-refractivity contribution >= 4 is 5.91 Å². The first-order valence-corrected chi connectivity index (χ1v) is 6.76. The normalized spacial score (nSPS) is 19.2. The standard InChI is InChI=1S/C14H21NO3/c16-12(13-8-5-9-18-13)10-15-14(17)11-6-3-1-2-4-7-11/h5,8-9,11-12,16H,1-4,6-7,10H2,(H,15,17). The second-order valence-corrected chi connectivity index (χ2v) is 4.96. The summed E-state index contributed by atoms with van der Waals surface area (Å²) in [5.41, 5.74) is 0. The zero-order valence-electron chi connectivity index (χ0n) is 10.6. The van der Waals surface area contributed by atoms with Gasteiger partial charge in [0.2, 0.25) is 5.91 Å². The molecule has 1 atom stereocenters. The predicted molar refractivity (Wildman–Crippen MR) is 67.9 cm³/mol. The smallest absolute Gasteiger partial charge is 0.223 e. The maximum atomic E-state index is 12.0. The van der Waals surface area contributed by atoms with Crippen molar-refractivity contribution in [1.29, 1.82) is 0 Å². The largest absolute Gasteiger partial charge is 0.467 e. The SMILES string of the molecule is O=C(NCC(O)c1ccco1)C1CCCCCC1. The lowest BCUT2D eigenvalue weighted by Gasteiger charge is -2.15. The summed E-state index contributed by atoms with van der Waals surface area (Å²) >= 11 is 0. The molecule has 1 heterocycles. The van der Waals surface area contributed by atoms with Crippen molar-refractivity contribution in [3.63, 3.8) is 0 Å². The van der Waals surface area contributed by atoms with Crippen LogP contribution in [0.1, 0.15) is 50.4 Å². The highest BCUT2D eigenvalue weighted by molar-refractivity contribution is 5.78. The van der Waals surface area contributed by atoms with Crippen LogP contribution in [0.4, 0.5) is 0 Å². The van der Waals surface area contributed by atoms with Gasteiger partial charge < -0.3 is 14.8 Å². The van der Waals surface area contributed by atoms with E-state index in [0.29, 0.717) is 5.76 Å². The topological polar surface area (TPSA) is 62.5 Å². The highest BCUT2D eigenvalue weighted by Crippen LogP contribution is 2.23. The van der Waals surface area contributed by atoms with Crippen molar-refractivity contribution in [2.45, 2.75) is 44.6 Å². The molecule has 0 aromatic carbocycles. The minimum absolute atomic E-state index is 0.0718. The number of amides is 1. The first-order chi connectivity index (χ1) is 8.77. The molecule has 1 aliphatic carbocycles. The second-order valence-electron chi connectivity index (χ2n) is 4.96. The summed E-state index contributed by atoms with van der Waals surface area (Å²) in [6, 6.07) is 3.44. The summed E-state index contributed by atoms with van der Waals surface area (Å²) < 4.78 is 5.09. The molecule has 1 aromatic rings. The van der Waals surface area contributed by atoms with Crippen LogP contribution in [-0.2, 0) is 4.79 Å². The van der Waals surface area contributed by atoms with Gasteiger partial charge in [-0.05, 0) is 25.0 Å². The molecule has 4 heteroatoms. The van der Waals surface area contributed by atoms with Gasteiger partial charge >= 0.3 is 0 Å². The van der Waals surface area contributed by atoms with Gasteiger partial charge in [0.05, 0.1) is 12.8 Å². The molecule has 0 aliphatic heterocycles. The number of aliphatic hydroxyl groups excluding tert-OH is 1. The van der Waals surface area contributed by atoms with Crippen LogP contribution < -0.4 is 5.32 Å². The molecule has 1 aromatic heterocycles. The van der Waals surface area contributed by atoms with Gasteiger partial charge in [0.25, 0.3) is 0 Å². The van der Waals surface area contributed by atoms with Crippen LogP contribution in [0.25, 0.3) is 0 Å². The molecule has 1 aliphatic rings. The van der Waals surface area contributed by atoms with E-state index in [-0.39, 0.29) is 18.4 Å². The maximum Gasteiger partial charge on any atom is 0.223 e. The van der Waals surface area contributed by atoms with Crippen molar-refractivity contribution in [2.24, 2.45) is 5.92 Å². The van der Waals surface area contributed by atoms with E-state index in [1.807, 2.05) is 0 Å². The van der Waals surface area contributed by atoms with Gasteiger partial charge in [0.1, 0.15) is 11.9 Å². The fraction of sp³-hybridized carbons (Fsp3) is 0.643. The van der Waals surface area contributed by atoms with Crippen LogP contribution in [0, 0.1) is 5.92 Å². The van der Waals surface area contributed by atoms with E-state index >= 15 is 0 Å². The molecule has 1 unspecified atom stereocenters. The maximum absolute atomic E-state index is 12.0. The molecule has 1 amide bonds. The van der Waals surface area contributed by atoms with Crippen LogP contribution >= 0.6 is 0 Å². The molecule has 2 N–H and O–H groups in total. The van der Waals surface area contributed by atoms with Gasteiger partial charge in [0.15, 0.2) is 0 Å². The molecule has 0 spiro atoms. The van der Waals surface area contributed by atoms with Crippen LogP contribution in [-0.4, -0.2) is 17.6 Å². The van der Waals surface area contributed by atoms with Gasteiger partial charge in [0, 0.05) is 5.92 Å². The Morgan fingerprint density at radius 1 is 1.39 bits per heavy atom. The van der Waals surface area contributed by atoms with Crippen molar-refractivity contribution in [1.82, 2.24) is 5.32 Å². The average molecular weight is 251 g/mol. The predicted octanol–water partition coefficient (Wildman–Crippen LogP) is 2.40. The molecule has 0 bridgehead atoms. The van der Waals surface area contributed by atoms with E-state index in [1.165, 1.54) is 19.1 Å². The van der Waals surface area contributed by atoms with E-state index in [2.05, 4.69) is 5.32 Å². The fourth-order valence-electron chi connectivity index (χ4n) is 2.46. The molecule has 0 saturated heterocycles. The van der Waals surface area contributed by atoms with Gasteiger partial charge in [-0.2, -0.15) is 0 Å². The summed E-state index contributed by atoms with van der Waals surface area (Å²) in [6.45, 7) is 0.225. The summed E-state index contributed by atoms with van der Waals surface area (Å²) in [5, 5.41) is 12.6. The zero-order chi connectivity index (χ0) is 12.8. The van der Waals surface area contributed by atoms with E-state index < -0.39 is 6.10 Å². The first kappa shape index (κ1) is 13.1. The zero-order valence-corrected chi connectivity index (χ0v) is 10.6. The van der Waals surface area contributed by atoms with Gasteiger partial charge in [-0.25, -0.2) is 0 Å². The highest BCUT2D eigenvalue weighted by Gasteiger charge is 2.21. The van der Waals surface area contributed by atoms with Crippen LogP contribution in [0.2, 0.25) is 0 Å². The fourth-order valence-corrected chi connectivity index (χ4v) is 2.46. The van der Waals surface area contributed by atoms with Crippen molar-refractivity contribution < 1.29 is 14.3 Å². The Bertz CT molecular complexity index is 353. The quantitative estimate of drug-likeness (QED) is 0.808. The Balaban J connectivity index is 1.77. The summed E-state index contributed by atoms with van der Waals surface area (Å²) in [5.74, 6) is 0.690. The Kier molecular flexibility index (Phi) is 4.81. The number of furan rings is 1. The average Bonchev–Trinajstić information content (AvgIpc) is 2.78. The van der Waals surface area contributed by atoms with Crippen molar-refractivity contribution in [3.8, 4) is 0 Å². The number of carbonyl (C=O) groups excluding carboxylic acids is 1. The number of rotatable bonds is 4. The first-order valence-electron chi connectivity index (χ1n) is 6.76. The van der Waals surface area contributed by atoms with Crippen molar-refractivity contribution in [2.75, 3.05) is 6.54 Å². The van der Waals surface area contributed by atoms with Gasteiger partial charge in [-0.1, -0.05) is 25.7 Å². The lowest BCUT2D eigenvalue weighted by Crippen LogP contribution is -2.33. The summed E-state index contributed by atoms with van der Waals surface area (Å²) in [7, 11) is 0. The van der Waals surface area contributed by atoms with E-state index in [0.717, 1.165) is 25.7 Å². The third-order valence-corrected chi connectivity index (χ3v) is 3.57. The Hall–Kier alpha value is -1.29. The van der Waals surface area contributed by atoms with E-state index in [9.17, 15) is 9.90 Å². The molecule has 100 valence electrons. The minimum Gasteiger partial charge on any atom is -0.467 e. The number of hydrogen-bond acceptors (Lipinski definition) is 3. The molecular weight excluding hydrogens is 230 g/mol. The molecule has 2 rings (SSSR count). The Morgan fingerprint density at radius 2 is 2.11 bits per heavy atom. The molecule has 0 radical (unpaired) electrons. The third kappa shape index (κ3) is 3.60. The Morgan fingerprint density at radius 3 is 2.72 bits per heavy atom. The number of hydrogen-bond donors (Lipinski definition) is 2. The van der Waals surface area contributed by atoms with E-state index in [4.69, 9.17) is 4.42 Å². The van der Waals surface area contributed by atoms with Crippen LogP contribution in [0.15, 0.2) is 22.8 Å². The number of carbonyl (C=O) groups is 1. The molecular formula is C14H21NO3. The number of nitrogens with one attached hydrogen (secondary N) is 1. The number of aliphatic hydroxyl groups is 1. The summed E-state index contributed by atoms with van der Waals surface area (Å²) in [4.78, 5) is 12.0. The lowest BCUT2D eigenvalue weighted by atomic mass is 9.99. The Labute approximate surface area is 107 Å². The van der Waals surface area contributed by atoms with Crippen LogP contribution in [0.5, 0.6) is 0 Å². The van der Waals surface area contributed by atoms with Gasteiger partial charge in [-0.3, -0.25) is 4.79 Å². The summed E-state index contributed by atoms with van der Waals surface area (Å²) in [6.07, 6.45) is 7.46. The van der Waals surface area contributed by atoms with Crippen molar-refractivity contribution in [3.05, 3.63) is 24.2 Å². The molecule has 1 saturated carbocycles. The monoisotopic (exact) mass is 251 g/mol. The highest BCUT2D eigenvalue weighted by atomic mass is 16.4. The van der Waals surface area contributed by atoms with Gasteiger partial charge in [-0.15, -0.1) is 0 Å². The molecule has 18 heavy (non-hydrogen) atoms. The molecule has 1 fully saturated rings. The third-order valence-electron chi connectivity index (χ3n) is 3.57. The van der Waals surface area contributed by atoms with Crippen LogP contribution in [0.3, 0.4) is 0 Å². The molecule has 4 nitrogen and oxygen atoms in total.